The van der Waals surface area contributed by atoms with E-state index in [1.165, 1.54) is 0 Å². The highest BCUT2D eigenvalue weighted by molar-refractivity contribution is 5.93. The number of nitrogens with zero attached hydrogens (tertiary/aromatic N) is 1. The Bertz CT molecular complexity index is 353. The number of amides is 2. The van der Waals surface area contributed by atoms with E-state index in [0.717, 1.165) is 6.42 Å². The summed E-state index contributed by atoms with van der Waals surface area (Å²) >= 11 is 0. The van der Waals surface area contributed by atoms with Crippen LogP contribution in [0.3, 0.4) is 0 Å². The molecule has 1 aliphatic rings. The fraction of sp³-hybridized carbons (Fsp3) is 0.714. The van der Waals surface area contributed by atoms with Gasteiger partial charge in [-0.1, -0.05) is 13.8 Å². The van der Waals surface area contributed by atoms with Crippen molar-refractivity contribution in [1.82, 2.24) is 10.2 Å². The molecule has 0 atom stereocenters. The lowest BCUT2D eigenvalue weighted by atomic mass is 9.91. The molecule has 1 N–H and O–H groups in total. The minimum absolute atomic E-state index is 0.0356. The molecule has 18 heavy (non-hydrogen) atoms. The van der Waals surface area contributed by atoms with Crippen LogP contribution in [0.2, 0.25) is 0 Å². The summed E-state index contributed by atoms with van der Waals surface area (Å²) in [6, 6.07) is 0. The number of hydrogen-bond acceptors (Lipinski definition) is 2. The second-order valence-corrected chi connectivity index (χ2v) is 4.69. The molecule has 1 rings (SSSR count). The normalized spacial score (nSPS) is 19.1. The van der Waals surface area contributed by atoms with Crippen molar-refractivity contribution in [2.24, 2.45) is 0 Å². The van der Waals surface area contributed by atoms with Gasteiger partial charge in [0.15, 0.2) is 0 Å². The Kier molecular flexibility index (Phi) is 5.21. The molecular weight excluding hydrogens is 228 g/mol. The van der Waals surface area contributed by atoms with E-state index in [4.69, 9.17) is 6.42 Å². The molecular formula is C14H22N2O2. The summed E-state index contributed by atoms with van der Waals surface area (Å²) in [6.45, 7) is 5.01. The molecule has 4 heteroatoms. The maximum Gasteiger partial charge on any atom is 0.248 e. The van der Waals surface area contributed by atoms with Crippen LogP contribution in [0.25, 0.3) is 0 Å². The largest absolute Gasteiger partial charge is 0.342 e. The first-order valence-corrected chi connectivity index (χ1v) is 6.63. The highest BCUT2D eigenvalue weighted by Crippen LogP contribution is 2.22. The number of carbonyl (C=O) groups excluding carboxylic acids is 2. The Balaban J connectivity index is 2.83. The number of nitrogens with one attached hydrogen (secondary N) is 1. The summed E-state index contributed by atoms with van der Waals surface area (Å²) in [7, 11) is 0. The molecule has 0 aromatic carbocycles. The van der Waals surface area contributed by atoms with Crippen molar-refractivity contribution in [2.45, 2.75) is 51.5 Å². The third-order valence-electron chi connectivity index (χ3n) is 3.64. The maximum atomic E-state index is 12.5. The van der Waals surface area contributed by atoms with Crippen molar-refractivity contribution in [3.8, 4) is 12.3 Å². The molecule has 4 nitrogen and oxygen atoms in total. The van der Waals surface area contributed by atoms with Gasteiger partial charge in [0.2, 0.25) is 11.8 Å². The summed E-state index contributed by atoms with van der Waals surface area (Å²) in [5.74, 6) is 2.58. The van der Waals surface area contributed by atoms with Crippen molar-refractivity contribution < 1.29 is 9.59 Å². The van der Waals surface area contributed by atoms with Gasteiger partial charge in [0.25, 0.3) is 0 Å². The quantitative estimate of drug-likeness (QED) is 0.591. The van der Waals surface area contributed by atoms with Crippen LogP contribution in [0.4, 0.5) is 0 Å². The van der Waals surface area contributed by atoms with Crippen molar-refractivity contribution in [3.05, 3.63) is 0 Å². The molecule has 0 radical (unpaired) electrons. The van der Waals surface area contributed by atoms with Crippen LogP contribution >= 0.6 is 0 Å². The van der Waals surface area contributed by atoms with Crippen LogP contribution in [0.15, 0.2) is 0 Å². The Labute approximate surface area is 109 Å². The molecule has 0 aromatic heterocycles. The molecule has 0 saturated carbocycles. The van der Waals surface area contributed by atoms with Crippen molar-refractivity contribution in [2.75, 3.05) is 13.1 Å². The van der Waals surface area contributed by atoms with Crippen molar-refractivity contribution in [1.29, 1.82) is 0 Å². The molecule has 1 fully saturated rings. The average molecular weight is 250 g/mol. The average Bonchev–Trinajstić information content (AvgIpc) is 2.50. The molecule has 0 spiro atoms. The number of terminal acetylenes is 1. The van der Waals surface area contributed by atoms with Gasteiger partial charge in [-0.25, -0.2) is 0 Å². The minimum Gasteiger partial charge on any atom is -0.342 e. The molecule has 0 unspecified atom stereocenters. The van der Waals surface area contributed by atoms with Crippen LogP contribution in [0.1, 0.15) is 46.0 Å². The monoisotopic (exact) mass is 250 g/mol. The van der Waals surface area contributed by atoms with E-state index in [0.29, 0.717) is 38.8 Å². The Hall–Kier alpha value is -1.50. The van der Waals surface area contributed by atoms with Crippen LogP contribution in [-0.2, 0) is 9.59 Å². The van der Waals surface area contributed by atoms with Gasteiger partial charge in [0.1, 0.15) is 5.54 Å². The van der Waals surface area contributed by atoms with Crippen LogP contribution < -0.4 is 5.32 Å². The molecule has 0 aromatic rings. The highest BCUT2D eigenvalue weighted by atomic mass is 16.2. The molecule has 2 amide bonds. The van der Waals surface area contributed by atoms with Gasteiger partial charge in [-0.3, -0.25) is 9.59 Å². The third kappa shape index (κ3) is 3.04. The summed E-state index contributed by atoms with van der Waals surface area (Å²) in [5, 5.41) is 2.89. The zero-order valence-electron chi connectivity index (χ0n) is 11.3. The lowest BCUT2D eigenvalue weighted by Crippen LogP contribution is -2.56. The Morgan fingerprint density at radius 2 is 2.06 bits per heavy atom. The number of hydrogen-bond donors (Lipinski definition) is 1. The standard InChI is InChI=1S/C14H22N2O2/c1-4-7-8-10-16-11-9-12(17)15-14(5-2,6-3)13(16)18/h1H,5-11H2,2-3H3,(H,15,17). The van der Waals surface area contributed by atoms with Gasteiger partial charge in [-0.15, -0.1) is 12.3 Å². The van der Waals surface area contributed by atoms with Gasteiger partial charge in [0, 0.05) is 25.9 Å². The molecule has 100 valence electrons. The molecule has 0 aliphatic carbocycles. The van der Waals surface area contributed by atoms with E-state index in [1.807, 2.05) is 13.8 Å². The van der Waals surface area contributed by atoms with Crippen LogP contribution in [0, 0.1) is 12.3 Å². The van der Waals surface area contributed by atoms with E-state index < -0.39 is 5.54 Å². The van der Waals surface area contributed by atoms with Crippen molar-refractivity contribution >= 4 is 11.8 Å². The van der Waals surface area contributed by atoms with Gasteiger partial charge in [0.05, 0.1) is 0 Å². The first kappa shape index (κ1) is 14.6. The van der Waals surface area contributed by atoms with Crippen LogP contribution in [0.5, 0.6) is 0 Å². The fourth-order valence-corrected chi connectivity index (χ4v) is 2.34. The van der Waals surface area contributed by atoms with E-state index in [2.05, 4.69) is 11.2 Å². The van der Waals surface area contributed by atoms with E-state index in [1.54, 1.807) is 4.90 Å². The second-order valence-electron chi connectivity index (χ2n) is 4.69. The maximum absolute atomic E-state index is 12.5. The predicted octanol–water partition coefficient (Wildman–Crippen LogP) is 1.31. The van der Waals surface area contributed by atoms with E-state index >= 15 is 0 Å². The van der Waals surface area contributed by atoms with Crippen molar-refractivity contribution in [3.63, 3.8) is 0 Å². The first-order chi connectivity index (χ1) is 8.59. The Morgan fingerprint density at radius 3 is 2.61 bits per heavy atom. The molecule has 0 bridgehead atoms. The molecule has 1 saturated heterocycles. The van der Waals surface area contributed by atoms with E-state index in [-0.39, 0.29) is 11.8 Å². The van der Waals surface area contributed by atoms with Gasteiger partial charge in [-0.2, -0.15) is 0 Å². The lowest BCUT2D eigenvalue weighted by Gasteiger charge is -2.33. The second kappa shape index (κ2) is 6.44. The lowest BCUT2D eigenvalue weighted by molar-refractivity contribution is -0.139. The SMILES string of the molecule is C#CCCCN1CCC(=O)NC(CC)(CC)C1=O. The fourth-order valence-electron chi connectivity index (χ4n) is 2.34. The summed E-state index contributed by atoms with van der Waals surface area (Å²) < 4.78 is 0. The minimum atomic E-state index is -0.719. The zero-order valence-corrected chi connectivity index (χ0v) is 11.3. The highest BCUT2D eigenvalue weighted by Gasteiger charge is 2.41. The Morgan fingerprint density at radius 1 is 1.39 bits per heavy atom. The number of unbranched alkanes of at least 4 members (excludes halogenated alkanes) is 1. The first-order valence-electron chi connectivity index (χ1n) is 6.63. The summed E-state index contributed by atoms with van der Waals surface area (Å²) in [6.07, 6.45) is 8.30. The molecule has 1 heterocycles. The number of rotatable bonds is 5. The van der Waals surface area contributed by atoms with Gasteiger partial charge < -0.3 is 10.2 Å². The van der Waals surface area contributed by atoms with Gasteiger partial charge >= 0.3 is 0 Å². The smallest absolute Gasteiger partial charge is 0.248 e. The topological polar surface area (TPSA) is 49.4 Å². The zero-order chi connectivity index (χ0) is 13.6. The third-order valence-corrected chi connectivity index (χ3v) is 3.64. The molecule has 1 aliphatic heterocycles. The predicted molar refractivity (Wildman–Crippen MR) is 70.7 cm³/mol. The van der Waals surface area contributed by atoms with Gasteiger partial charge in [-0.05, 0) is 19.3 Å². The number of carbonyl (C=O) groups is 2. The van der Waals surface area contributed by atoms with E-state index in [9.17, 15) is 9.59 Å². The van der Waals surface area contributed by atoms with Crippen LogP contribution in [-0.4, -0.2) is 35.3 Å². The summed E-state index contributed by atoms with van der Waals surface area (Å²) in [4.78, 5) is 26.0. The summed E-state index contributed by atoms with van der Waals surface area (Å²) in [5.41, 5.74) is -0.719.